The number of rotatable bonds is 11. The third-order valence-electron chi connectivity index (χ3n) is 5.05. The van der Waals surface area contributed by atoms with Crippen LogP contribution in [0.5, 0.6) is 0 Å². The van der Waals surface area contributed by atoms with Crippen LogP contribution in [0.25, 0.3) is 11.8 Å². The SMILES string of the molecule is C=C(NCCN(CC)CC)c1cc(CCCCC)nc2c1C=CCC2. The number of hydrogen-bond acceptors (Lipinski definition) is 3. The van der Waals surface area contributed by atoms with E-state index >= 15 is 0 Å². The highest BCUT2D eigenvalue weighted by Crippen LogP contribution is 2.26. The van der Waals surface area contributed by atoms with E-state index in [2.05, 4.69) is 55.8 Å². The Bertz CT molecular complexity index is 585. The Morgan fingerprint density at radius 2 is 2.04 bits per heavy atom. The largest absolute Gasteiger partial charge is 0.384 e. The fourth-order valence-corrected chi connectivity index (χ4v) is 3.40. The molecule has 1 aliphatic rings. The van der Waals surface area contributed by atoms with Crippen molar-refractivity contribution in [3.8, 4) is 0 Å². The molecule has 0 aliphatic heterocycles. The van der Waals surface area contributed by atoms with Crippen molar-refractivity contribution >= 4 is 11.8 Å². The first-order chi connectivity index (χ1) is 12.2. The Hall–Kier alpha value is -1.61. The van der Waals surface area contributed by atoms with E-state index in [4.69, 9.17) is 4.98 Å². The van der Waals surface area contributed by atoms with Crippen molar-refractivity contribution in [2.75, 3.05) is 26.2 Å². The summed E-state index contributed by atoms with van der Waals surface area (Å²) in [5, 5.41) is 3.54. The maximum Gasteiger partial charge on any atom is 0.0488 e. The lowest BCUT2D eigenvalue weighted by Gasteiger charge is -2.21. The molecule has 0 amide bonds. The second kappa shape index (κ2) is 10.4. The molecule has 0 spiro atoms. The molecule has 1 N–H and O–H groups in total. The van der Waals surface area contributed by atoms with Crippen LogP contribution in [0, 0.1) is 0 Å². The van der Waals surface area contributed by atoms with Gasteiger partial charge >= 0.3 is 0 Å². The van der Waals surface area contributed by atoms with E-state index in [-0.39, 0.29) is 0 Å². The summed E-state index contributed by atoms with van der Waals surface area (Å²) in [6, 6.07) is 2.26. The summed E-state index contributed by atoms with van der Waals surface area (Å²) in [6.45, 7) is 15.2. The zero-order chi connectivity index (χ0) is 18.1. The number of allylic oxidation sites excluding steroid dienone is 1. The van der Waals surface area contributed by atoms with E-state index in [1.165, 1.54) is 41.8 Å². The van der Waals surface area contributed by atoms with Gasteiger partial charge in [-0.05, 0) is 44.8 Å². The normalized spacial score (nSPS) is 13.1. The molecule has 0 aromatic carbocycles. The Morgan fingerprint density at radius 3 is 2.76 bits per heavy atom. The van der Waals surface area contributed by atoms with E-state index in [1.807, 2.05) is 0 Å². The zero-order valence-corrected chi connectivity index (χ0v) is 16.4. The summed E-state index contributed by atoms with van der Waals surface area (Å²) in [7, 11) is 0. The van der Waals surface area contributed by atoms with Gasteiger partial charge in [0.2, 0.25) is 0 Å². The van der Waals surface area contributed by atoms with Crippen molar-refractivity contribution in [2.45, 2.75) is 59.3 Å². The van der Waals surface area contributed by atoms with Gasteiger partial charge in [0.05, 0.1) is 0 Å². The minimum Gasteiger partial charge on any atom is -0.384 e. The van der Waals surface area contributed by atoms with E-state index in [0.717, 1.165) is 51.1 Å². The van der Waals surface area contributed by atoms with Gasteiger partial charge in [-0.15, -0.1) is 0 Å². The summed E-state index contributed by atoms with van der Waals surface area (Å²) in [5.74, 6) is 0. The molecule has 1 aromatic rings. The molecule has 3 nitrogen and oxygen atoms in total. The smallest absolute Gasteiger partial charge is 0.0488 e. The van der Waals surface area contributed by atoms with Gasteiger partial charge in [-0.3, -0.25) is 4.98 Å². The second-order valence-electron chi connectivity index (χ2n) is 6.85. The topological polar surface area (TPSA) is 28.2 Å². The molecule has 2 rings (SSSR count). The minimum absolute atomic E-state index is 0.937. The average Bonchev–Trinajstić information content (AvgIpc) is 2.64. The van der Waals surface area contributed by atoms with Gasteiger partial charge in [-0.25, -0.2) is 0 Å². The third kappa shape index (κ3) is 5.71. The Labute approximate surface area is 154 Å². The Balaban J connectivity index is 2.10. The number of nitrogens with one attached hydrogen (secondary N) is 1. The highest BCUT2D eigenvalue weighted by Gasteiger charge is 2.15. The molecular weight excluding hydrogens is 306 g/mol. The van der Waals surface area contributed by atoms with Gasteiger partial charge in [0.1, 0.15) is 0 Å². The predicted molar refractivity (Wildman–Crippen MR) is 110 cm³/mol. The molecular formula is C22H35N3. The lowest BCUT2D eigenvalue weighted by molar-refractivity contribution is 0.308. The number of aryl methyl sites for hydroxylation is 2. The molecule has 0 radical (unpaired) electrons. The van der Waals surface area contributed by atoms with Crippen molar-refractivity contribution in [3.63, 3.8) is 0 Å². The second-order valence-corrected chi connectivity index (χ2v) is 6.85. The van der Waals surface area contributed by atoms with E-state index in [1.54, 1.807) is 0 Å². The number of nitrogens with zero attached hydrogens (tertiary/aromatic N) is 2. The summed E-state index contributed by atoms with van der Waals surface area (Å²) in [4.78, 5) is 7.36. The van der Waals surface area contributed by atoms with Crippen molar-refractivity contribution in [3.05, 3.63) is 41.2 Å². The minimum atomic E-state index is 0.937. The summed E-state index contributed by atoms with van der Waals surface area (Å²) in [6.07, 6.45) is 11.5. The number of likely N-dealkylation sites (N-methyl/N-ethyl adjacent to an activating group) is 1. The van der Waals surface area contributed by atoms with Crippen molar-refractivity contribution in [2.24, 2.45) is 0 Å². The standard InChI is InChI=1S/C22H35N3/c1-5-8-9-12-19-17-21(20-13-10-11-14-22(20)24-19)18(4)23-15-16-25(6-2)7-3/h10,13,17,23H,4-9,11-12,14-16H2,1-3H3. The predicted octanol–water partition coefficient (Wildman–Crippen LogP) is 4.68. The summed E-state index contributed by atoms with van der Waals surface area (Å²) < 4.78 is 0. The van der Waals surface area contributed by atoms with Gasteiger partial charge in [-0.1, -0.05) is 52.3 Å². The average molecular weight is 342 g/mol. The van der Waals surface area contributed by atoms with Crippen LogP contribution < -0.4 is 5.32 Å². The van der Waals surface area contributed by atoms with Crippen LogP contribution in [0.15, 0.2) is 18.7 Å². The molecule has 0 fully saturated rings. The van der Waals surface area contributed by atoms with Gasteiger partial charge in [-0.2, -0.15) is 0 Å². The fraction of sp³-hybridized carbons (Fsp3) is 0.591. The van der Waals surface area contributed by atoms with Crippen LogP contribution in [-0.2, 0) is 12.8 Å². The van der Waals surface area contributed by atoms with Gasteiger partial charge < -0.3 is 10.2 Å². The van der Waals surface area contributed by atoms with Crippen molar-refractivity contribution < 1.29 is 0 Å². The molecule has 0 atom stereocenters. The van der Waals surface area contributed by atoms with Crippen LogP contribution in [0.3, 0.4) is 0 Å². The number of fused-ring (bicyclic) bond motifs is 1. The van der Waals surface area contributed by atoms with E-state index in [9.17, 15) is 0 Å². The highest BCUT2D eigenvalue weighted by molar-refractivity contribution is 5.74. The molecule has 0 bridgehead atoms. The third-order valence-corrected chi connectivity index (χ3v) is 5.05. The fourth-order valence-electron chi connectivity index (χ4n) is 3.40. The first-order valence-electron chi connectivity index (χ1n) is 10.0. The van der Waals surface area contributed by atoms with Crippen LogP contribution >= 0.6 is 0 Å². The van der Waals surface area contributed by atoms with Crippen molar-refractivity contribution in [1.82, 2.24) is 15.2 Å². The van der Waals surface area contributed by atoms with Crippen molar-refractivity contribution in [1.29, 1.82) is 0 Å². The van der Waals surface area contributed by atoms with Crippen LogP contribution in [0.1, 0.15) is 69.0 Å². The first kappa shape index (κ1) is 19.7. The molecule has 25 heavy (non-hydrogen) atoms. The zero-order valence-electron chi connectivity index (χ0n) is 16.4. The maximum absolute atomic E-state index is 4.93. The van der Waals surface area contributed by atoms with E-state index in [0.29, 0.717) is 0 Å². The Kier molecular flexibility index (Phi) is 8.20. The van der Waals surface area contributed by atoms with E-state index < -0.39 is 0 Å². The van der Waals surface area contributed by atoms with Gasteiger partial charge in [0.15, 0.2) is 0 Å². The summed E-state index contributed by atoms with van der Waals surface area (Å²) >= 11 is 0. The number of aromatic nitrogens is 1. The molecule has 0 saturated carbocycles. The number of unbranched alkanes of at least 4 members (excludes halogenated alkanes) is 2. The monoisotopic (exact) mass is 341 g/mol. The Morgan fingerprint density at radius 1 is 1.24 bits per heavy atom. The molecule has 1 heterocycles. The lowest BCUT2D eigenvalue weighted by Crippen LogP contribution is -2.31. The quantitative estimate of drug-likeness (QED) is 0.593. The van der Waals surface area contributed by atoms with Crippen LogP contribution in [-0.4, -0.2) is 36.1 Å². The molecule has 1 aliphatic carbocycles. The molecule has 0 unspecified atom stereocenters. The molecule has 3 heteroatoms. The molecule has 1 aromatic heterocycles. The van der Waals surface area contributed by atoms with Crippen LogP contribution in [0.2, 0.25) is 0 Å². The molecule has 138 valence electrons. The highest BCUT2D eigenvalue weighted by atomic mass is 15.1. The van der Waals surface area contributed by atoms with Crippen LogP contribution in [0.4, 0.5) is 0 Å². The molecule has 0 saturated heterocycles. The van der Waals surface area contributed by atoms with Gasteiger partial charge in [0, 0.05) is 41.3 Å². The maximum atomic E-state index is 4.93. The first-order valence-corrected chi connectivity index (χ1v) is 10.0. The summed E-state index contributed by atoms with van der Waals surface area (Å²) in [5.41, 5.74) is 6.02. The van der Waals surface area contributed by atoms with Gasteiger partial charge in [0.25, 0.3) is 0 Å². The lowest BCUT2D eigenvalue weighted by atomic mass is 9.95. The number of pyridine rings is 1. The number of hydrogen-bond donors (Lipinski definition) is 1.